The van der Waals surface area contributed by atoms with E-state index in [1.807, 2.05) is 0 Å². The highest BCUT2D eigenvalue weighted by molar-refractivity contribution is 6.25. The first-order valence-electron chi connectivity index (χ1n) is 2.63. The Morgan fingerprint density at radius 2 is 1.70 bits per heavy atom. The van der Waals surface area contributed by atoms with E-state index in [1.165, 1.54) is 0 Å². The zero-order valence-electron chi connectivity index (χ0n) is 5.86. The number of hydrogen-bond acceptors (Lipinski definition) is 1. The lowest BCUT2D eigenvalue weighted by Gasteiger charge is -1.81. The van der Waals surface area contributed by atoms with Crippen LogP contribution >= 0.6 is 23.2 Å². The number of carbonyl (C=O) groups is 1. The second-order valence-corrected chi connectivity index (χ2v) is 2.28. The van der Waals surface area contributed by atoms with E-state index in [1.54, 1.807) is 6.92 Å². The van der Waals surface area contributed by atoms with E-state index in [2.05, 4.69) is 6.58 Å². The molecule has 60 valence electrons. The molecule has 0 saturated heterocycles. The molecule has 2 nitrogen and oxygen atoms in total. The molecular weight excluding hydrogens is 173 g/mol. The highest BCUT2D eigenvalue weighted by Gasteiger charge is 1.86. The van der Waals surface area contributed by atoms with E-state index in [4.69, 9.17) is 28.9 Å². The third-order valence-corrected chi connectivity index (χ3v) is 1.06. The Morgan fingerprint density at radius 1 is 1.50 bits per heavy atom. The summed E-state index contributed by atoms with van der Waals surface area (Å²) in [7, 11) is 0. The van der Waals surface area contributed by atoms with Crippen LogP contribution < -0.4 is 5.73 Å². The lowest BCUT2D eigenvalue weighted by molar-refractivity contribution is -0.114. The maximum absolute atomic E-state index is 9.82. The van der Waals surface area contributed by atoms with E-state index in [0.29, 0.717) is 17.3 Å². The number of alkyl halides is 2. The quantitative estimate of drug-likeness (QED) is 0.513. The molecule has 0 rings (SSSR count). The zero-order valence-corrected chi connectivity index (χ0v) is 7.37. The first kappa shape index (κ1) is 12.5. The molecule has 0 radical (unpaired) electrons. The fraction of sp³-hybridized carbons (Fsp3) is 0.500. The molecule has 1 amide bonds. The van der Waals surface area contributed by atoms with Gasteiger partial charge in [-0.1, -0.05) is 6.58 Å². The summed E-state index contributed by atoms with van der Waals surface area (Å²) in [6.07, 6.45) is 0. The number of primary amides is 1. The van der Waals surface area contributed by atoms with Crippen molar-refractivity contribution < 1.29 is 4.79 Å². The summed E-state index contributed by atoms with van der Waals surface area (Å²) < 4.78 is 0. The van der Waals surface area contributed by atoms with Crippen molar-refractivity contribution in [2.24, 2.45) is 5.73 Å². The van der Waals surface area contributed by atoms with E-state index in [-0.39, 0.29) is 0 Å². The van der Waals surface area contributed by atoms with Crippen LogP contribution in [0.5, 0.6) is 0 Å². The summed E-state index contributed by atoms with van der Waals surface area (Å²) in [6, 6.07) is 0. The molecule has 10 heavy (non-hydrogen) atoms. The van der Waals surface area contributed by atoms with Crippen molar-refractivity contribution in [2.45, 2.75) is 6.92 Å². The van der Waals surface area contributed by atoms with Gasteiger partial charge in [0.05, 0.1) is 0 Å². The van der Waals surface area contributed by atoms with Crippen LogP contribution in [-0.4, -0.2) is 17.7 Å². The fourth-order valence-corrected chi connectivity index (χ4v) is 0. The van der Waals surface area contributed by atoms with Gasteiger partial charge in [-0.05, 0) is 6.92 Å². The molecule has 0 aromatic carbocycles. The molecule has 0 aromatic heterocycles. The molecule has 0 heterocycles. The number of carbonyl (C=O) groups excluding carboxylic acids is 1. The summed E-state index contributed by atoms with van der Waals surface area (Å²) in [6.45, 7) is 4.85. The fourth-order valence-electron chi connectivity index (χ4n) is 0. The Labute approximate surface area is 71.0 Å². The largest absolute Gasteiger partial charge is 0.366 e. The van der Waals surface area contributed by atoms with Gasteiger partial charge in [0, 0.05) is 17.3 Å². The van der Waals surface area contributed by atoms with Gasteiger partial charge in [0.1, 0.15) is 0 Å². The summed E-state index contributed by atoms with van der Waals surface area (Å²) in [5.74, 6) is 0.679. The first-order valence-corrected chi connectivity index (χ1v) is 3.70. The lowest BCUT2D eigenvalue weighted by atomic mass is 10.3. The number of amides is 1. The van der Waals surface area contributed by atoms with Crippen molar-refractivity contribution in [3.8, 4) is 0 Å². The Morgan fingerprint density at radius 3 is 1.70 bits per heavy atom. The molecule has 0 atom stereocenters. The van der Waals surface area contributed by atoms with Crippen LogP contribution in [-0.2, 0) is 4.79 Å². The average molecular weight is 184 g/mol. The maximum Gasteiger partial charge on any atom is 0.243 e. The van der Waals surface area contributed by atoms with Crippen molar-refractivity contribution in [3.05, 3.63) is 12.2 Å². The van der Waals surface area contributed by atoms with Crippen LogP contribution in [0.4, 0.5) is 0 Å². The molecule has 4 heteroatoms. The molecule has 0 aliphatic carbocycles. The lowest BCUT2D eigenvalue weighted by Crippen LogP contribution is -2.10. The molecule has 0 spiro atoms. The minimum atomic E-state index is -0.435. The minimum absolute atomic E-state index is 0.398. The van der Waals surface area contributed by atoms with Gasteiger partial charge in [0.25, 0.3) is 0 Å². The van der Waals surface area contributed by atoms with Crippen LogP contribution in [0, 0.1) is 0 Å². The van der Waals surface area contributed by atoms with Gasteiger partial charge in [-0.2, -0.15) is 0 Å². The predicted octanol–water partition coefficient (Wildman–Crippen LogP) is 1.51. The van der Waals surface area contributed by atoms with Gasteiger partial charge in [0.2, 0.25) is 5.91 Å². The van der Waals surface area contributed by atoms with Gasteiger partial charge in [-0.25, -0.2) is 0 Å². The highest BCUT2D eigenvalue weighted by atomic mass is 35.5. The number of nitrogens with two attached hydrogens (primary N) is 1. The molecule has 0 aliphatic heterocycles. The Bertz CT molecular complexity index is 100. The Kier molecular flexibility index (Phi) is 11.0. The monoisotopic (exact) mass is 183 g/mol. The molecule has 0 saturated carbocycles. The molecule has 0 aromatic rings. The van der Waals surface area contributed by atoms with Gasteiger partial charge in [-0.3, -0.25) is 4.79 Å². The van der Waals surface area contributed by atoms with Gasteiger partial charge >= 0.3 is 0 Å². The molecule has 0 unspecified atom stereocenters. The third kappa shape index (κ3) is 15.7. The van der Waals surface area contributed by atoms with Crippen molar-refractivity contribution in [2.75, 3.05) is 11.8 Å². The first-order chi connectivity index (χ1) is 4.56. The maximum atomic E-state index is 9.82. The topological polar surface area (TPSA) is 43.1 Å². The van der Waals surface area contributed by atoms with E-state index >= 15 is 0 Å². The summed E-state index contributed by atoms with van der Waals surface area (Å²) in [5.41, 5.74) is 5.09. The van der Waals surface area contributed by atoms with Gasteiger partial charge in [-0.15, -0.1) is 23.2 Å². The predicted molar refractivity (Wildman–Crippen MR) is 45.4 cm³/mol. The molecule has 2 N–H and O–H groups in total. The SMILES string of the molecule is C=C(C)C(N)=O.ClCCCl. The Balaban J connectivity index is 0. The number of hydrogen-bond donors (Lipinski definition) is 1. The van der Waals surface area contributed by atoms with E-state index < -0.39 is 5.91 Å². The second-order valence-electron chi connectivity index (χ2n) is 1.52. The summed E-state index contributed by atoms with van der Waals surface area (Å²) in [5, 5.41) is 0. The summed E-state index contributed by atoms with van der Waals surface area (Å²) in [4.78, 5) is 9.82. The number of halogens is 2. The minimum Gasteiger partial charge on any atom is -0.366 e. The van der Waals surface area contributed by atoms with Crippen LogP contribution in [0.3, 0.4) is 0 Å². The molecule has 0 fully saturated rings. The molecule has 0 bridgehead atoms. The molecular formula is C6H11Cl2NO. The van der Waals surface area contributed by atoms with Crippen LogP contribution in [0.25, 0.3) is 0 Å². The van der Waals surface area contributed by atoms with Crippen LogP contribution in [0.1, 0.15) is 6.92 Å². The van der Waals surface area contributed by atoms with Crippen LogP contribution in [0.15, 0.2) is 12.2 Å². The van der Waals surface area contributed by atoms with Crippen molar-refractivity contribution >= 4 is 29.1 Å². The zero-order chi connectivity index (χ0) is 8.57. The average Bonchev–Trinajstić information content (AvgIpc) is 1.89. The normalized spacial score (nSPS) is 7.50. The standard InChI is InChI=1S/C4H7NO.C2H4Cl2/c1-3(2)4(5)6;3-1-2-4/h1H2,2H3,(H2,5,6);1-2H2. The van der Waals surface area contributed by atoms with Crippen molar-refractivity contribution in [1.29, 1.82) is 0 Å². The van der Waals surface area contributed by atoms with Crippen LogP contribution in [0.2, 0.25) is 0 Å². The Hall–Kier alpha value is -0.210. The van der Waals surface area contributed by atoms with E-state index in [9.17, 15) is 4.79 Å². The van der Waals surface area contributed by atoms with Crippen molar-refractivity contribution in [3.63, 3.8) is 0 Å². The molecule has 0 aliphatic rings. The van der Waals surface area contributed by atoms with Gasteiger partial charge < -0.3 is 5.73 Å². The summed E-state index contributed by atoms with van der Waals surface area (Å²) >= 11 is 10.1. The number of rotatable bonds is 2. The highest BCUT2D eigenvalue weighted by Crippen LogP contribution is 1.78. The third-order valence-electron chi connectivity index (χ3n) is 0.492. The van der Waals surface area contributed by atoms with Crippen molar-refractivity contribution in [1.82, 2.24) is 0 Å². The smallest absolute Gasteiger partial charge is 0.243 e. The van der Waals surface area contributed by atoms with Gasteiger partial charge in [0.15, 0.2) is 0 Å². The van der Waals surface area contributed by atoms with E-state index in [0.717, 1.165) is 0 Å². The second kappa shape index (κ2) is 8.79.